The summed E-state index contributed by atoms with van der Waals surface area (Å²) in [6.45, 7) is 5.96. The van der Waals surface area contributed by atoms with E-state index in [1.807, 2.05) is 32.4 Å². The maximum Gasteiger partial charge on any atom is 0.0668 e. The molecule has 0 aliphatic carbocycles. The lowest BCUT2D eigenvalue weighted by molar-refractivity contribution is 0.944. The summed E-state index contributed by atoms with van der Waals surface area (Å²) in [6, 6.07) is 4.15. The van der Waals surface area contributed by atoms with Gasteiger partial charge in [-0.2, -0.15) is 0 Å². The molecule has 0 unspecified atom stereocenters. The first-order valence-electron chi connectivity index (χ1n) is 4.25. The van der Waals surface area contributed by atoms with Crippen LogP contribution in [0.2, 0.25) is 0 Å². The van der Waals surface area contributed by atoms with Gasteiger partial charge in [0.1, 0.15) is 0 Å². The highest BCUT2D eigenvalue weighted by molar-refractivity contribution is 5.84. The minimum atomic E-state index is 1.08. The van der Waals surface area contributed by atoms with E-state index in [9.17, 15) is 0 Å². The van der Waals surface area contributed by atoms with Gasteiger partial charge < -0.3 is 4.57 Å². The lowest BCUT2D eigenvalue weighted by atomic mass is 10.2. The summed E-state index contributed by atoms with van der Waals surface area (Å²) in [5.74, 6) is 0. The molecule has 13 heavy (non-hydrogen) atoms. The van der Waals surface area contributed by atoms with E-state index in [1.54, 1.807) is 0 Å². The molecule has 2 heteroatoms. The van der Waals surface area contributed by atoms with E-state index in [0.717, 1.165) is 11.1 Å². The molecule has 2 aromatic heterocycles. The Kier molecular flexibility index (Phi) is 1.69. The molecule has 0 N–H and O–H groups in total. The number of hydrogen-bond acceptors (Lipinski definition) is 1. The van der Waals surface area contributed by atoms with Crippen molar-refractivity contribution in [1.29, 1.82) is 0 Å². The quantitative estimate of drug-likeness (QED) is 0.646. The second kappa shape index (κ2) is 2.73. The molecule has 2 rings (SSSR count). The highest BCUT2D eigenvalue weighted by Crippen LogP contribution is 2.21. The van der Waals surface area contributed by atoms with Gasteiger partial charge in [0.05, 0.1) is 11.7 Å². The molecule has 0 bridgehead atoms. The van der Waals surface area contributed by atoms with Gasteiger partial charge in [-0.05, 0) is 24.6 Å². The van der Waals surface area contributed by atoms with E-state index in [2.05, 4.69) is 22.2 Å². The molecule has 2 aromatic rings. The minimum absolute atomic E-state index is 1.08. The predicted octanol–water partition coefficient (Wildman–Crippen LogP) is 2.61. The number of aryl methyl sites for hydroxylation is 1. The molecule has 0 saturated carbocycles. The average molecular weight is 172 g/mol. The maximum atomic E-state index is 4.10. The molecule has 0 aliphatic rings. The third-order valence-corrected chi connectivity index (χ3v) is 2.28. The summed E-state index contributed by atoms with van der Waals surface area (Å²) < 4.78 is 2.12. The second-order valence-electron chi connectivity index (χ2n) is 3.30. The normalized spacial score (nSPS) is 10.6. The molecule has 0 fully saturated rings. The molecule has 0 radical (unpaired) electrons. The summed E-state index contributed by atoms with van der Waals surface area (Å²) in [5, 5.41) is 1.22. The SMILES string of the molecule is C=C(C)c1cc2ccncc2n1C. The van der Waals surface area contributed by atoms with Gasteiger partial charge in [0.25, 0.3) is 0 Å². The molecule has 0 aromatic carbocycles. The van der Waals surface area contributed by atoms with Crippen LogP contribution in [0.3, 0.4) is 0 Å². The zero-order chi connectivity index (χ0) is 9.42. The van der Waals surface area contributed by atoms with Gasteiger partial charge in [0.15, 0.2) is 0 Å². The van der Waals surface area contributed by atoms with Gasteiger partial charge in [-0.3, -0.25) is 4.98 Å². The van der Waals surface area contributed by atoms with E-state index in [1.165, 1.54) is 11.1 Å². The number of hydrogen-bond donors (Lipinski definition) is 0. The number of allylic oxidation sites excluding steroid dienone is 1. The zero-order valence-electron chi connectivity index (χ0n) is 7.91. The predicted molar refractivity (Wildman–Crippen MR) is 55.4 cm³/mol. The minimum Gasteiger partial charge on any atom is -0.343 e. The van der Waals surface area contributed by atoms with Crippen molar-refractivity contribution in [3.05, 3.63) is 36.8 Å². The first kappa shape index (κ1) is 8.05. The Labute approximate surface area is 77.5 Å². The Balaban J connectivity index is 2.81. The van der Waals surface area contributed by atoms with Gasteiger partial charge in [0, 0.05) is 24.3 Å². The van der Waals surface area contributed by atoms with Crippen molar-refractivity contribution >= 4 is 16.5 Å². The molecule has 0 aliphatic heterocycles. The topological polar surface area (TPSA) is 17.8 Å². The van der Waals surface area contributed by atoms with Gasteiger partial charge >= 0.3 is 0 Å². The summed E-state index contributed by atoms with van der Waals surface area (Å²) in [7, 11) is 2.04. The summed E-state index contributed by atoms with van der Waals surface area (Å²) in [6.07, 6.45) is 3.69. The largest absolute Gasteiger partial charge is 0.343 e. The molecular weight excluding hydrogens is 160 g/mol. The van der Waals surface area contributed by atoms with Crippen molar-refractivity contribution in [2.24, 2.45) is 7.05 Å². The number of aromatic nitrogens is 2. The fraction of sp³-hybridized carbons (Fsp3) is 0.182. The number of nitrogens with zero attached hydrogens (tertiary/aromatic N) is 2. The second-order valence-corrected chi connectivity index (χ2v) is 3.30. The van der Waals surface area contributed by atoms with Crippen LogP contribution in [0, 0.1) is 0 Å². The van der Waals surface area contributed by atoms with Crippen LogP contribution in [0.1, 0.15) is 12.6 Å². The average Bonchev–Trinajstić information content (AvgIpc) is 2.45. The van der Waals surface area contributed by atoms with Gasteiger partial charge in [-0.15, -0.1) is 0 Å². The monoisotopic (exact) mass is 172 g/mol. The summed E-state index contributed by atoms with van der Waals surface area (Å²) in [5.41, 5.74) is 3.40. The standard InChI is InChI=1S/C11H12N2/c1-8(2)10-6-9-4-5-12-7-11(9)13(10)3/h4-7H,1H2,2-3H3. The smallest absolute Gasteiger partial charge is 0.0668 e. The molecule has 0 atom stereocenters. The zero-order valence-corrected chi connectivity index (χ0v) is 7.91. The third kappa shape index (κ3) is 1.15. The van der Waals surface area contributed by atoms with Crippen LogP contribution in [0.25, 0.3) is 16.5 Å². The lowest BCUT2D eigenvalue weighted by Gasteiger charge is -2.01. The van der Waals surface area contributed by atoms with Gasteiger partial charge in [-0.25, -0.2) is 0 Å². The van der Waals surface area contributed by atoms with E-state index < -0.39 is 0 Å². The van der Waals surface area contributed by atoms with Gasteiger partial charge in [-0.1, -0.05) is 6.58 Å². The Morgan fingerprint density at radius 3 is 2.92 bits per heavy atom. The Bertz CT molecular complexity index is 466. The molecule has 2 heterocycles. The van der Waals surface area contributed by atoms with Crippen molar-refractivity contribution < 1.29 is 0 Å². The molecule has 66 valence electrons. The van der Waals surface area contributed by atoms with Crippen LogP contribution in [0.15, 0.2) is 31.1 Å². The van der Waals surface area contributed by atoms with Crippen molar-refractivity contribution in [2.45, 2.75) is 6.92 Å². The Morgan fingerprint density at radius 1 is 1.54 bits per heavy atom. The van der Waals surface area contributed by atoms with Crippen LogP contribution in [0.5, 0.6) is 0 Å². The molecule has 0 spiro atoms. The van der Waals surface area contributed by atoms with E-state index in [4.69, 9.17) is 0 Å². The first-order chi connectivity index (χ1) is 6.20. The number of rotatable bonds is 1. The fourth-order valence-electron chi connectivity index (χ4n) is 1.58. The summed E-state index contributed by atoms with van der Waals surface area (Å²) in [4.78, 5) is 4.10. The maximum absolute atomic E-state index is 4.10. The molecule has 0 amide bonds. The Hall–Kier alpha value is -1.57. The number of pyridine rings is 1. The van der Waals surface area contributed by atoms with E-state index >= 15 is 0 Å². The molecular formula is C11H12N2. The van der Waals surface area contributed by atoms with E-state index in [-0.39, 0.29) is 0 Å². The Morgan fingerprint density at radius 2 is 2.31 bits per heavy atom. The van der Waals surface area contributed by atoms with E-state index in [0.29, 0.717) is 0 Å². The molecule has 0 saturated heterocycles. The van der Waals surface area contributed by atoms with Crippen molar-refractivity contribution in [3.8, 4) is 0 Å². The van der Waals surface area contributed by atoms with Crippen LogP contribution in [-0.2, 0) is 7.05 Å². The fourth-order valence-corrected chi connectivity index (χ4v) is 1.58. The highest BCUT2D eigenvalue weighted by atomic mass is 15.0. The van der Waals surface area contributed by atoms with Crippen molar-refractivity contribution in [1.82, 2.24) is 9.55 Å². The van der Waals surface area contributed by atoms with Crippen LogP contribution >= 0.6 is 0 Å². The number of fused-ring (bicyclic) bond motifs is 1. The van der Waals surface area contributed by atoms with Crippen LogP contribution in [0.4, 0.5) is 0 Å². The van der Waals surface area contributed by atoms with Crippen LogP contribution in [-0.4, -0.2) is 9.55 Å². The van der Waals surface area contributed by atoms with Crippen molar-refractivity contribution in [2.75, 3.05) is 0 Å². The van der Waals surface area contributed by atoms with Crippen LogP contribution < -0.4 is 0 Å². The van der Waals surface area contributed by atoms with Gasteiger partial charge in [0.2, 0.25) is 0 Å². The summed E-state index contributed by atoms with van der Waals surface area (Å²) >= 11 is 0. The first-order valence-corrected chi connectivity index (χ1v) is 4.25. The highest BCUT2D eigenvalue weighted by Gasteiger charge is 2.04. The lowest BCUT2D eigenvalue weighted by Crippen LogP contribution is -1.92. The van der Waals surface area contributed by atoms with Crippen molar-refractivity contribution in [3.63, 3.8) is 0 Å². The third-order valence-electron chi connectivity index (χ3n) is 2.28. The molecule has 2 nitrogen and oxygen atoms in total.